The third kappa shape index (κ3) is 3.14. The molecule has 2 aliphatic rings. The Labute approximate surface area is 118 Å². The predicted octanol–water partition coefficient (Wildman–Crippen LogP) is 3.13. The van der Waals surface area contributed by atoms with Gasteiger partial charge >= 0.3 is 0 Å². The maximum absolute atomic E-state index is 5.19. The van der Waals surface area contributed by atoms with Crippen molar-refractivity contribution in [1.29, 1.82) is 0 Å². The molecule has 1 spiro atoms. The second kappa shape index (κ2) is 5.57. The van der Waals surface area contributed by atoms with Crippen LogP contribution in [0.25, 0.3) is 0 Å². The summed E-state index contributed by atoms with van der Waals surface area (Å²) in [5.74, 6) is 2.09. The minimum atomic E-state index is 0.497. The van der Waals surface area contributed by atoms with Crippen molar-refractivity contribution in [2.45, 2.75) is 45.6 Å². The monoisotopic (exact) mass is 279 g/mol. The molecule has 0 amide bonds. The lowest BCUT2D eigenvalue weighted by Gasteiger charge is -2.38. The Hall–Kier alpha value is -0.970. The first kappa shape index (κ1) is 13.0. The van der Waals surface area contributed by atoms with Crippen molar-refractivity contribution >= 4 is 16.9 Å². The Morgan fingerprint density at radius 1 is 1.37 bits per heavy atom. The summed E-state index contributed by atoms with van der Waals surface area (Å²) in [7, 11) is 0. The van der Waals surface area contributed by atoms with Crippen LogP contribution >= 0.6 is 11.8 Å². The largest absolute Gasteiger partial charge is 0.359 e. The fraction of sp³-hybridized carbons (Fsp3) is 0.714. The summed E-state index contributed by atoms with van der Waals surface area (Å²) in [6.45, 7) is 3.62. The minimum Gasteiger partial charge on any atom is -0.359 e. The highest BCUT2D eigenvalue weighted by Gasteiger charge is 2.34. The van der Waals surface area contributed by atoms with E-state index in [1.165, 1.54) is 37.9 Å². The number of thioether (sulfide) groups is 1. The van der Waals surface area contributed by atoms with Crippen LogP contribution in [0.5, 0.6) is 0 Å². The summed E-state index contributed by atoms with van der Waals surface area (Å²) in [5, 5.41) is 8.30. The lowest BCUT2D eigenvalue weighted by atomic mass is 9.75. The van der Waals surface area contributed by atoms with E-state index in [-0.39, 0.29) is 0 Å². The van der Waals surface area contributed by atoms with Crippen molar-refractivity contribution in [1.82, 2.24) is 10.5 Å². The molecule has 0 unspecified atom stereocenters. The topological polar surface area (TPSA) is 50.4 Å². The molecule has 0 saturated heterocycles. The van der Waals surface area contributed by atoms with Gasteiger partial charge in [0, 0.05) is 18.4 Å². The first-order chi connectivity index (χ1) is 9.26. The lowest BCUT2D eigenvalue weighted by molar-refractivity contribution is 0.232. The van der Waals surface area contributed by atoms with Gasteiger partial charge in [-0.15, -0.1) is 0 Å². The summed E-state index contributed by atoms with van der Waals surface area (Å²) in [4.78, 5) is 4.73. The molecule has 19 heavy (non-hydrogen) atoms. The van der Waals surface area contributed by atoms with Crippen LogP contribution in [0.2, 0.25) is 0 Å². The maximum atomic E-state index is 5.19. The van der Waals surface area contributed by atoms with Gasteiger partial charge in [-0.1, -0.05) is 36.2 Å². The maximum Gasteiger partial charge on any atom is 0.156 e. The summed E-state index contributed by atoms with van der Waals surface area (Å²) >= 11 is 1.87. The van der Waals surface area contributed by atoms with Crippen molar-refractivity contribution < 1.29 is 4.52 Å². The molecular weight excluding hydrogens is 258 g/mol. The van der Waals surface area contributed by atoms with E-state index in [1.807, 2.05) is 24.8 Å². The predicted molar refractivity (Wildman–Crippen MR) is 78.4 cm³/mol. The van der Waals surface area contributed by atoms with E-state index in [1.54, 1.807) is 0 Å². The highest BCUT2D eigenvalue weighted by atomic mass is 32.2. The lowest BCUT2D eigenvalue weighted by Crippen LogP contribution is -2.36. The number of hydrogen-bond donors (Lipinski definition) is 1. The molecule has 1 saturated carbocycles. The van der Waals surface area contributed by atoms with Gasteiger partial charge in [0.05, 0.1) is 12.2 Å². The third-order valence-electron chi connectivity index (χ3n) is 4.08. The summed E-state index contributed by atoms with van der Waals surface area (Å²) in [6.07, 6.45) is 6.90. The van der Waals surface area contributed by atoms with E-state index < -0.39 is 0 Å². The van der Waals surface area contributed by atoms with Gasteiger partial charge < -0.3 is 9.84 Å². The van der Waals surface area contributed by atoms with Crippen LogP contribution in [-0.4, -0.2) is 22.6 Å². The third-order valence-corrected chi connectivity index (χ3v) is 5.38. The van der Waals surface area contributed by atoms with E-state index in [9.17, 15) is 0 Å². The first-order valence-corrected chi connectivity index (χ1v) is 8.08. The summed E-state index contributed by atoms with van der Waals surface area (Å²) in [6, 6.07) is 1.96. The molecule has 1 aliphatic carbocycles. The molecular formula is C14H21N3OS. The molecule has 1 fully saturated rings. The van der Waals surface area contributed by atoms with Crippen LogP contribution in [-0.2, 0) is 6.54 Å². The van der Waals surface area contributed by atoms with Gasteiger partial charge in [0.25, 0.3) is 0 Å². The number of nitrogens with zero attached hydrogens (tertiary/aromatic N) is 2. The van der Waals surface area contributed by atoms with E-state index in [0.29, 0.717) is 12.0 Å². The van der Waals surface area contributed by atoms with Crippen LogP contribution in [0, 0.1) is 12.3 Å². The zero-order chi connectivity index (χ0) is 13.1. The number of aromatic nitrogens is 1. The molecule has 4 nitrogen and oxygen atoms in total. The zero-order valence-corrected chi connectivity index (χ0v) is 12.3. The molecule has 0 aromatic carbocycles. The van der Waals surface area contributed by atoms with E-state index in [4.69, 9.17) is 9.52 Å². The van der Waals surface area contributed by atoms with Gasteiger partial charge in [0.15, 0.2) is 10.9 Å². The molecule has 1 N–H and O–H groups in total. The van der Waals surface area contributed by atoms with Gasteiger partial charge in [-0.3, -0.25) is 4.99 Å². The van der Waals surface area contributed by atoms with Crippen molar-refractivity contribution in [2.75, 3.05) is 12.3 Å². The number of hydrogen-bond acceptors (Lipinski definition) is 5. The molecule has 1 aromatic heterocycles. The normalized spacial score (nSPS) is 22.3. The molecule has 1 aliphatic heterocycles. The van der Waals surface area contributed by atoms with Crippen LogP contribution in [0.3, 0.4) is 0 Å². The Morgan fingerprint density at radius 3 is 2.84 bits per heavy atom. The van der Waals surface area contributed by atoms with E-state index in [0.717, 1.165) is 23.2 Å². The molecule has 5 heteroatoms. The number of aryl methyl sites for hydroxylation is 1. The molecule has 0 atom stereocenters. The summed E-state index contributed by atoms with van der Waals surface area (Å²) < 4.78 is 5.19. The molecule has 2 heterocycles. The smallest absolute Gasteiger partial charge is 0.156 e. The SMILES string of the molecule is Cc1cc(CNC2=NCC3(CCCCC3)CS2)on1. The number of nitrogens with one attached hydrogen (secondary N) is 1. The van der Waals surface area contributed by atoms with Gasteiger partial charge in [-0.25, -0.2) is 0 Å². The van der Waals surface area contributed by atoms with Gasteiger partial charge in [-0.2, -0.15) is 0 Å². The van der Waals surface area contributed by atoms with Crippen molar-refractivity contribution in [2.24, 2.45) is 10.4 Å². The number of aliphatic imine (C=N–C) groups is 1. The van der Waals surface area contributed by atoms with Crippen molar-refractivity contribution in [3.63, 3.8) is 0 Å². The minimum absolute atomic E-state index is 0.497. The van der Waals surface area contributed by atoms with Crippen molar-refractivity contribution in [3.05, 3.63) is 17.5 Å². The molecule has 0 radical (unpaired) electrons. The Balaban J connectivity index is 1.53. The zero-order valence-electron chi connectivity index (χ0n) is 11.4. The highest BCUT2D eigenvalue weighted by Crippen LogP contribution is 2.41. The standard InChI is InChI=1S/C14H21N3OS/c1-11-7-12(18-17-11)8-15-13-16-9-14(10-19-13)5-3-2-4-6-14/h7H,2-6,8-10H2,1H3,(H,15,16). The van der Waals surface area contributed by atoms with Gasteiger partial charge in [0.2, 0.25) is 0 Å². The number of amidine groups is 1. The van der Waals surface area contributed by atoms with Gasteiger partial charge in [0.1, 0.15) is 0 Å². The Bertz CT molecular complexity index is 463. The van der Waals surface area contributed by atoms with Crippen LogP contribution in [0.15, 0.2) is 15.6 Å². The molecule has 1 aromatic rings. The Kier molecular flexibility index (Phi) is 3.82. The van der Waals surface area contributed by atoms with Crippen LogP contribution in [0.1, 0.15) is 43.6 Å². The Morgan fingerprint density at radius 2 is 2.21 bits per heavy atom. The van der Waals surface area contributed by atoms with Gasteiger partial charge in [-0.05, 0) is 25.2 Å². The van der Waals surface area contributed by atoms with E-state index in [2.05, 4.69) is 10.5 Å². The van der Waals surface area contributed by atoms with E-state index >= 15 is 0 Å². The fourth-order valence-corrected chi connectivity index (χ4v) is 4.08. The average molecular weight is 279 g/mol. The quantitative estimate of drug-likeness (QED) is 0.903. The van der Waals surface area contributed by atoms with Crippen LogP contribution < -0.4 is 5.32 Å². The summed E-state index contributed by atoms with van der Waals surface area (Å²) in [5.41, 5.74) is 1.42. The highest BCUT2D eigenvalue weighted by molar-refractivity contribution is 8.13. The second-order valence-corrected chi connectivity index (χ2v) is 6.72. The average Bonchev–Trinajstić information content (AvgIpc) is 2.85. The second-order valence-electron chi connectivity index (χ2n) is 5.76. The fourth-order valence-electron chi connectivity index (χ4n) is 2.93. The molecule has 0 bridgehead atoms. The van der Waals surface area contributed by atoms with Crippen molar-refractivity contribution in [3.8, 4) is 0 Å². The van der Waals surface area contributed by atoms with Crippen LogP contribution in [0.4, 0.5) is 0 Å². The first-order valence-electron chi connectivity index (χ1n) is 7.09. The molecule has 104 valence electrons. The number of rotatable bonds is 2. The molecule has 3 rings (SSSR count).